The fraction of sp³-hybridized carbons (Fsp3) is 0.200. The van der Waals surface area contributed by atoms with E-state index in [0.29, 0.717) is 16.8 Å². The van der Waals surface area contributed by atoms with Gasteiger partial charge in [-0.15, -0.1) is 11.3 Å². The molecule has 0 aliphatic rings. The van der Waals surface area contributed by atoms with Gasteiger partial charge in [0.2, 0.25) is 0 Å². The Morgan fingerprint density at radius 1 is 0.971 bits per heavy atom. The Morgan fingerprint density at radius 3 is 2.40 bits per heavy atom. The number of halogens is 1. The SMILES string of the molecule is CCOC(=O)c1c(NC(=O)COC(=O)Cc2cccc(F)c2)sc(C(=O)Nc2ccccc2)c1C. The molecule has 2 aromatic carbocycles. The fourth-order valence-corrected chi connectivity index (χ4v) is 4.26. The molecule has 1 aromatic heterocycles. The molecule has 0 bridgehead atoms. The molecular weight excluding hydrogens is 475 g/mol. The molecule has 0 aliphatic heterocycles. The number of thiophene rings is 1. The van der Waals surface area contributed by atoms with Crippen LogP contribution in [0.2, 0.25) is 0 Å². The molecule has 35 heavy (non-hydrogen) atoms. The Morgan fingerprint density at radius 2 is 1.71 bits per heavy atom. The van der Waals surface area contributed by atoms with Crippen LogP contribution < -0.4 is 10.6 Å². The van der Waals surface area contributed by atoms with Crippen molar-refractivity contribution in [1.29, 1.82) is 0 Å². The van der Waals surface area contributed by atoms with Crippen LogP contribution in [0.5, 0.6) is 0 Å². The van der Waals surface area contributed by atoms with Crippen molar-refractivity contribution in [3.63, 3.8) is 0 Å². The molecular formula is C25H23FN2O6S. The Kier molecular flexibility index (Phi) is 8.69. The maximum Gasteiger partial charge on any atom is 0.341 e. The number of anilines is 2. The Hall–Kier alpha value is -4.05. The number of ether oxygens (including phenoxy) is 2. The van der Waals surface area contributed by atoms with Gasteiger partial charge in [0.15, 0.2) is 6.61 Å². The highest BCUT2D eigenvalue weighted by molar-refractivity contribution is 7.19. The average Bonchev–Trinajstić information content (AvgIpc) is 3.14. The topological polar surface area (TPSA) is 111 Å². The number of amides is 2. The first kappa shape index (κ1) is 25.6. The predicted molar refractivity (Wildman–Crippen MR) is 129 cm³/mol. The summed E-state index contributed by atoms with van der Waals surface area (Å²) < 4.78 is 23.3. The number of benzene rings is 2. The zero-order valence-electron chi connectivity index (χ0n) is 19.1. The average molecular weight is 499 g/mol. The van der Waals surface area contributed by atoms with Gasteiger partial charge in [-0.2, -0.15) is 0 Å². The normalized spacial score (nSPS) is 10.4. The number of hydrogen-bond donors (Lipinski definition) is 2. The lowest BCUT2D eigenvalue weighted by Crippen LogP contribution is -2.22. The van der Waals surface area contributed by atoms with Crippen LogP contribution in [0.4, 0.5) is 15.1 Å². The van der Waals surface area contributed by atoms with Gasteiger partial charge in [-0.25, -0.2) is 9.18 Å². The lowest BCUT2D eigenvalue weighted by molar-refractivity contribution is -0.146. The molecule has 0 atom stereocenters. The quantitative estimate of drug-likeness (QED) is 0.425. The standard InChI is InChI=1S/C25H23FN2O6S/c1-3-33-25(32)21-15(2)22(23(31)27-18-10-5-4-6-11-18)35-24(21)28-19(29)14-34-20(30)13-16-8-7-9-17(26)12-16/h4-12H,3,13-14H2,1-2H3,(H,27,31)(H,28,29). The van der Waals surface area contributed by atoms with Crippen LogP contribution in [0.25, 0.3) is 0 Å². The smallest absolute Gasteiger partial charge is 0.341 e. The number of esters is 2. The van der Waals surface area contributed by atoms with Crippen molar-refractivity contribution in [3.8, 4) is 0 Å². The molecule has 0 saturated carbocycles. The second-order valence-corrected chi connectivity index (χ2v) is 8.34. The summed E-state index contributed by atoms with van der Waals surface area (Å²) in [5.41, 5.74) is 1.37. The van der Waals surface area contributed by atoms with Gasteiger partial charge in [0, 0.05) is 5.69 Å². The van der Waals surface area contributed by atoms with E-state index < -0.39 is 36.2 Å². The van der Waals surface area contributed by atoms with Crippen LogP contribution in [-0.2, 0) is 25.5 Å². The molecule has 182 valence electrons. The number of rotatable bonds is 9. The highest BCUT2D eigenvalue weighted by Crippen LogP contribution is 2.34. The number of hydrogen-bond acceptors (Lipinski definition) is 7. The van der Waals surface area contributed by atoms with Crippen molar-refractivity contribution >= 4 is 45.8 Å². The molecule has 2 amide bonds. The molecule has 1 heterocycles. The third kappa shape index (κ3) is 6.97. The Labute approximate surface area is 205 Å². The van der Waals surface area contributed by atoms with Crippen molar-refractivity contribution < 1.29 is 33.0 Å². The zero-order valence-corrected chi connectivity index (χ0v) is 19.9. The molecule has 0 spiro atoms. The Bertz CT molecular complexity index is 1240. The summed E-state index contributed by atoms with van der Waals surface area (Å²) in [4.78, 5) is 50.0. The van der Waals surface area contributed by atoms with Crippen molar-refractivity contribution in [2.75, 3.05) is 23.8 Å². The van der Waals surface area contributed by atoms with E-state index in [-0.39, 0.29) is 28.5 Å². The van der Waals surface area contributed by atoms with E-state index in [1.165, 1.54) is 18.2 Å². The Balaban J connectivity index is 1.71. The van der Waals surface area contributed by atoms with E-state index in [4.69, 9.17) is 9.47 Å². The predicted octanol–water partition coefficient (Wildman–Crippen LogP) is 4.35. The van der Waals surface area contributed by atoms with E-state index in [2.05, 4.69) is 10.6 Å². The molecule has 0 radical (unpaired) electrons. The van der Waals surface area contributed by atoms with Crippen LogP contribution in [0.1, 0.15) is 38.1 Å². The summed E-state index contributed by atoms with van der Waals surface area (Å²) in [5, 5.41) is 5.36. The zero-order chi connectivity index (χ0) is 25.4. The minimum atomic E-state index is -0.721. The second kappa shape index (κ2) is 11.9. The van der Waals surface area contributed by atoms with E-state index >= 15 is 0 Å². The first-order valence-corrected chi connectivity index (χ1v) is 11.5. The van der Waals surface area contributed by atoms with Crippen LogP contribution in [0, 0.1) is 12.7 Å². The molecule has 8 nitrogen and oxygen atoms in total. The highest BCUT2D eigenvalue weighted by Gasteiger charge is 2.27. The number of nitrogens with one attached hydrogen (secondary N) is 2. The molecule has 3 aromatic rings. The van der Waals surface area contributed by atoms with Gasteiger partial charge in [0.05, 0.1) is 23.5 Å². The summed E-state index contributed by atoms with van der Waals surface area (Å²) in [7, 11) is 0. The van der Waals surface area contributed by atoms with Gasteiger partial charge in [0.1, 0.15) is 10.8 Å². The minimum Gasteiger partial charge on any atom is -0.462 e. The summed E-state index contributed by atoms with van der Waals surface area (Å²) in [6.45, 7) is 2.69. The summed E-state index contributed by atoms with van der Waals surface area (Å²) in [6.07, 6.45) is -0.207. The van der Waals surface area contributed by atoms with Gasteiger partial charge in [-0.05, 0) is 49.2 Å². The third-order valence-corrected chi connectivity index (χ3v) is 5.92. The number of para-hydroxylation sites is 1. The van der Waals surface area contributed by atoms with Crippen LogP contribution in [-0.4, -0.2) is 37.0 Å². The van der Waals surface area contributed by atoms with E-state index in [1.54, 1.807) is 44.2 Å². The van der Waals surface area contributed by atoms with Crippen LogP contribution in [0.3, 0.4) is 0 Å². The lowest BCUT2D eigenvalue weighted by atomic mass is 10.1. The van der Waals surface area contributed by atoms with E-state index in [1.807, 2.05) is 6.07 Å². The maximum atomic E-state index is 13.3. The largest absolute Gasteiger partial charge is 0.462 e. The molecule has 3 rings (SSSR count). The first-order chi connectivity index (χ1) is 16.8. The maximum absolute atomic E-state index is 13.3. The third-order valence-electron chi connectivity index (χ3n) is 4.72. The van der Waals surface area contributed by atoms with E-state index in [0.717, 1.165) is 11.3 Å². The fourth-order valence-electron chi connectivity index (χ4n) is 3.15. The summed E-state index contributed by atoms with van der Waals surface area (Å²) in [6, 6.07) is 14.2. The molecule has 2 N–H and O–H groups in total. The van der Waals surface area contributed by atoms with Crippen LogP contribution in [0.15, 0.2) is 54.6 Å². The summed E-state index contributed by atoms with van der Waals surface area (Å²) >= 11 is 0.908. The van der Waals surface area contributed by atoms with Gasteiger partial charge >= 0.3 is 11.9 Å². The van der Waals surface area contributed by atoms with Gasteiger partial charge in [-0.1, -0.05) is 30.3 Å². The molecule has 0 saturated heterocycles. The van der Waals surface area contributed by atoms with Gasteiger partial charge in [0.25, 0.3) is 11.8 Å². The molecule has 0 aliphatic carbocycles. The first-order valence-electron chi connectivity index (χ1n) is 10.6. The van der Waals surface area contributed by atoms with Crippen molar-refractivity contribution in [3.05, 3.63) is 82.0 Å². The monoisotopic (exact) mass is 498 g/mol. The number of carbonyl (C=O) groups is 4. The van der Waals surface area contributed by atoms with Crippen molar-refractivity contribution in [2.24, 2.45) is 0 Å². The van der Waals surface area contributed by atoms with Gasteiger partial charge < -0.3 is 20.1 Å². The molecule has 0 fully saturated rings. The molecule has 0 unspecified atom stereocenters. The van der Waals surface area contributed by atoms with E-state index in [9.17, 15) is 23.6 Å². The minimum absolute atomic E-state index is 0.0505. The molecule has 10 heteroatoms. The number of carbonyl (C=O) groups excluding carboxylic acids is 4. The summed E-state index contributed by atoms with van der Waals surface area (Å²) in [5.74, 6) is -3.06. The van der Waals surface area contributed by atoms with Crippen LogP contribution >= 0.6 is 11.3 Å². The van der Waals surface area contributed by atoms with Crippen molar-refractivity contribution in [2.45, 2.75) is 20.3 Å². The lowest BCUT2D eigenvalue weighted by Gasteiger charge is -2.08. The van der Waals surface area contributed by atoms with Gasteiger partial charge in [-0.3, -0.25) is 14.4 Å². The van der Waals surface area contributed by atoms with Crippen molar-refractivity contribution in [1.82, 2.24) is 0 Å². The highest BCUT2D eigenvalue weighted by atomic mass is 32.1. The second-order valence-electron chi connectivity index (χ2n) is 7.32.